The summed E-state index contributed by atoms with van der Waals surface area (Å²) in [4.78, 5) is 10.8. The van der Waals surface area contributed by atoms with E-state index in [-0.39, 0.29) is 18.8 Å². The van der Waals surface area contributed by atoms with E-state index < -0.39 is 5.97 Å². The second kappa shape index (κ2) is 6.19. The van der Waals surface area contributed by atoms with Gasteiger partial charge in [-0.2, -0.15) is 0 Å². The molecule has 0 fully saturated rings. The summed E-state index contributed by atoms with van der Waals surface area (Å²) < 4.78 is 18.9. The Morgan fingerprint density at radius 1 is 1.20 bits per heavy atom. The SMILES string of the molecule is Cc1ccc(OCc2ccccc2CC(=O)O)cc1F. The lowest BCUT2D eigenvalue weighted by atomic mass is 10.1. The van der Waals surface area contributed by atoms with Crippen molar-refractivity contribution in [3.8, 4) is 5.75 Å². The normalized spacial score (nSPS) is 10.3. The molecule has 1 N–H and O–H groups in total. The number of carboxylic acid groups (broad SMARTS) is 1. The van der Waals surface area contributed by atoms with Crippen molar-refractivity contribution in [2.24, 2.45) is 0 Å². The number of rotatable bonds is 5. The van der Waals surface area contributed by atoms with E-state index in [0.717, 1.165) is 5.56 Å². The molecule has 0 aliphatic rings. The van der Waals surface area contributed by atoms with E-state index in [9.17, 15) is 9.18 Å². The van der Waals surface area contributed by atoms with E-state index in [0.29, 0.717) is 16.9 Å². The van der Waals surface area contributed by atoms with Crippen molar-refractivity contribution in [1.29, 1.82) is 0 Å². The van der Waals surface area contributed by atoms with E-state index in [1.807, 2.05) is 12.1 Å². The Balaban J connectivity index is 2.10. The molecule has 3 nitrogen and oxygen atoms in total. The molecule has 0 aliphatic carbocycles. The molecule has 2 aromatic rings. The zero-order valence-electron chi connectivity index (χ0n) is 11.1. The van der Waals surface area contributed by atoms with Gasteiger partial charge in [-0.25, -0.2) is 4.39 Å². The Bertz CT molecular complexity index is 623. The summed E-state index contributed by atoms with van der Waals surface area (Å²) in [7, 11) is 0. The number of ether oxygens (including phenoxy) is 1. The first kappa shape index (κ1) is 14.1. The van der Waals surface area contributed by atoms with Gasteiger partial charge in [-0.05, 0) is 29.7 Å². The second-order valence-electron chi connectivity index (χ2n) is 4.54. The summed E-state index contributed by atoms with van der Waals surface area (Å²) in [6.07, 6.45) is -0.0538. The Morgan fingerprint density at radius 3 is 2.55 bits per heavy atom. The van der Waals surface area contributed by atoms with Crippen LogP contribution in [-0.4, -0.2) is 11.1 Å². The van der Waals surface area contributed by atoms with Crippen molar-refractivity contribution in [2.45, 2.75) is 20.0 Å². The minimum absolute atomic E-state index is 0.0538. The van der Waals surface area contributed by atoms with Crippen LogP contribution in [-0.2, 0) is 17.8 Å². The number of aliphatic carboxylic acids is 1. The van der Waals surface area contributed by atoms with Crippen LogP contribution in [0, 0.1) is 12.7 Å². The molecule has 0 bridgehead atoms. The predicted molar refractivity (Wildman–Crippen MR) is 73.3 cm³/mol. The summed E-state index contributed by atoms with van der Waals surface area (Å²) in [5.41, 5.74) is 2.05. The van der Waals surface area contributed by atoms with Gasteiger partial charge < -0.3 is 9.84 Å². The van der Waals surface area contributed by atoms with Gasteiger partial charge in [-0.15, -0.1) is 0 Å². The Hall–Kier alpha value is -2.36. The molecule has 0 spiro atoms. The van der Waals surface area contributed by atoms with Gasteiger partial charge in [-0.3, -0.25) is 4.79 Å². The van der Waals surface area contributed by atoms with Crippen molar-refractivity contribution in [3.05, 3.63) is 65.0 Å². The fourth-order valence-electron chi connectivity index (χ4n) is 1.86. The molecule has 0 atom stereocenters. The maximum Gasteiger partial charge on any atom is 0.307 e. The van der Waals surface area contributed by atoms with Crippen LogP contribution in [0.25, 0.3) is 0 Å². The van der Waals surface area contributed by atoms with Crippen LogP contribution in [0.2, 0.25) is 0 Å². The van der Waals surface area contributed by atoms with Gasteiger partial charge in [0.1, 0.15) is 18.2 Å². The fourth-order valence-corrected chi connectivity index (χ4v) is 1.86. The molecule has 0 saturated carbocycles. The van der Waals surface area contributed by atoms with E-state index in [1.165, 1.54) is 6.07 Å². The first-order valence-corrected chi connectivity index (χ1v) is 6.24. The van der Waals surface area contributed by atoms with Crippen LogP contribution in [0.3, 0.4) is 0 Å². The highest BCUT2D eigenvalue weighted by molar-refractivity contribution is 5.70. The highest BCUT2D eigenvalue weighted by Crippen LogP contribution is 2.18. The van der Waals surface area contributed by atoms with Crippen LogP contribution in [0.15, 0.2) is 42.5 Å². The summed E-state index contributed by atoms with van der Waals surface area (Å²) in [5.74, 6) is -0.779. The van der Waals surface area contributed by atoms with E-state index >= 15 is 0 Å². The quantitative estimate of drug-likeness (QED) is 0.909. The van der Waals surface area contributed by atoms with Gasteiger partial charge in [0.25, 0.3) is 0 Å². The molecular formula is C16H15FO3. The van der Waals surface area contributed by atoms with Crippen LogP contribution < -0.4 is 4.74 Å². The van der Waals surface area contributed by atoms with Crippen molar-refractivity contribution >= 4 is 5.97 Å². The molecule has 2 aromatic carbocycles. The van der Waals surface area contributed by atoms with E-state index in [2.05, 4.69) is 0 Å². The summed E-state index contributed by atoms with van der Waals surface area (Å²) in [5, 5.41) is 8.85. The van der Waals surface area contributed by atoms with E-state index in [1.54, 1.807) is 31.2 Å². The number of aryl methyl sites for hydroxylation is 1. The first-order valence-electron chi connectivity index (χ1n) is 6.24. The summed E-state index contributed by atoms with van der Waals surface area (Å²) >= 11 is 0. The number of benzene rings is 2. The molecule has 0 saturated heterocycles. The molecule has 2 rings (SSSR count). The predicted octanol–water partition coefficient (Wildman–Crippen LogP) is 3.34. The summed E-state index contributed by atoms with van der Waals surface area (Å²) in [6.45, 7) is 1.90. The van der Waals surface area contributed by atoms with Gasteiger partial charge in [0.15, 0.2) is 0 Å². The molecule has 0 amide bonds. The maximum absolute atomic E-state index is 13.4. The zero-order valence-corrected chi connectivity index (χ0v) is 11.1. The van der Waals surface area contributed by atoms with Gasteiger partial charge in [0.05, 0.1) is 6.42 Å². The Morgan fingerprint density at radius 2 is 1.90 bits per heavy atom. The highest BCUT2D eigenvalue weighted by atomic mass is 19.1. The summed E-state index contributed by atoms with van der Waals surface area (Å²) in [6, 6.07) is 11.8. The van der Waals surface area contributed by atoms with Crippen LogP contribution >= 0.6 is 0 Å². The van der Waals surface area contributed by atoms with Crippen LogP contribution in [0.1, 0.15) is 16.7 Å². The minimum atomic E-state index is -0.890. The van der Waals surface area contributed by atoms with Gasteiger partial charge in [-0.1, -0.05) is 30.3 Å². The lowest BCUT2D eigenvalue weighted by Gasteiger charge is -2.10. The number of hydrogen-bond donors (Lipinski definition) is 1. The third kappa shape index (κ3) is 3.57. The Kier molecular flexibility index (Phi) is 4.35. The topological polar surface area (TPSA) is 46.5 Å². The molecule has 104 valence electrons. The Labute approximate surface area is 116 Å². The molecule has 0 unspecified atom stereocenters. The average Bonchev–Trinajstić information content (AvgIpc) is 2.41. The highest BCUT2D eigenvalue weighted by Gasteiger charge is 2.07. The minimum Gasteiger partial charge on any atom is -0.489 e. The maximum atomic E-state index is 13.4. The first-order chi connectivity index (χ1) is 9.56. The monoisotopic (exact) mass is 274 g/mol. The number of carboxylic acids is 1. The van der Waals surface area contributed by atoms with Gasteiger partial charge in [0, 0.05) is 6.07 Å². The van der Waals surface area contributed by atoms with E-state index in [4.69, 9.17) is 9.84 Å². The molecule has 0 heterocycles. The molecule has 0 radical (unpaired) electrons. The van der Waals surface area contributed by atoms with Crippen molar-refractivity contribution in [3.63, 3.8) is 0 Å². The number of carbonyl (C=O) groups is 1. The lowest BCUT2D eigenvalue weighted by Crippen LogP contribution is -2.06. The molecular weight excluding hydrogens is 259 g/mol. The number of hydrogen-bond acceptors (Lipinski definition) is 2. The van der Waals surface area contributed by atoms with Crippen LogP contribution in [0.4, 0.5) is 4.39 Å². The van der Waals surface area contributed by atoms with Crippen molar-refractivity contribution in [2.75, 3.05) is 0 Å². The average molecular weight is 274 g/mol. The molecule has 0 aromatic heterocycles. The smallest absolute Gasteiger partial charge is 0.307 e. The van der Waals surface area contributed by atoms with Crippen molar-refractivity contribution in [1.82, 2.24) is 0 Å². The third-order valence-corrected chi connectivity index (χ3v) is 3.00. The van der Waals surface area contributed by atoms with Crippen LogP contribution in [0.5, 0.6) is 5.75 Å². The number of halogens is 1. The fraction of sp³-hybridized carbons (Fsp3) is 0.188. The lowest BCUT2D eigenvalue weighted by molar-refractivity contribution is -0.136. The van der Waals surface area contributed by atoms with Gasteiger partial charge in [0.2, 0.25) is 0 Å². The molecule has 20 heavy (non-hydrogen) atoms. The molecule has 0 aliphatic heterocycles. The van der Waals surface area contributed by atoms with Crippen molar-refractivity contribution < 1.29 is 19.0 Å². The standard InChI is InChI=1S/C16H15FO3/c1-11-6-7-14(9-15(11)17)20-10-13-5-3-2-4-12(13)8-16(18)19/h2-7,9H,8,10H2,1H3,(H,18,19). The molecule has 4 heteroatoms. The second-order valence-corrected chi connectivity index (χ2v) is 4.54. The van der Waals surface area contributed by atoms with Gasteiger partial charge >= 0.3 is 5.97 Å². The third-order valence-electron chi connectivity index (χ3n) is 3.00. The largest absolute Gasteiger partial charge is 0.489 e. The zero-order chi connectivity index (χ0) is 14.5.